The van der Waals surface area contributed by atoms with E-state index in [-0.39, 0.29) is 5.91 Å². The number of carbonyl (C=O) groups is 1. The van der Waals surface area contributed by atoms with Crippen molar-refractivity contribution in [3.05, 3.63) is 42.9 Å². The van der Waals surface area contributed by atoms with Crippen LogP contribution in [-0.4, -0.2) is 73.7 Å². The number of benzene rings is 1. The summed E-state index contributed by atoms with van der Waals surface area (Å²) < 4.78 is 1.75. The van der Waals surface area contributed by atoms with Crippen LogP contribution in [0.15, 0.2) is 42.9 Å². The molecule has 1 aliphatic rings. The zero-order chi connectivity index (χ0) is 21.7. The minimum atomic E-state index is -1.25. The molecule has 6 nitrogen and oxygen atoms in total. The van der Waals surface area contributed by atoms with Crippen molar-refractivity contribution in [3.8, 4) is 11.1 Å². The van der Waals surface area contributed by atoms with Gasteiger partial charge in [0, 0.05) is 30.4 Å². The Bertz CT molecular complexity index is 1100. The number of hydrogen-bond acceptors (Lipinski definition) is 4. The lowest BCUT2D eigenvalue weighted by molar-refractivity contribution is -0.121. The van der Waals surface area contributed by atoms with Gasteiger partial charge in [0.15, 0.2) is 0 Å². The monoisotopic (exact) mass is 389 g/mol. The molecule has 0 spiro atoms. The number of hydrogen-bond donors (Lipinski definition) is 1. The summed E-state index contributed by atoms with van der Waals surface area (Å²) in [6, 6.07) is 7.11. The third kappa shape index (κ3) is 3.81. The number of carbonyl (C=O) groups excluding carboxylic acids is 1. The Labute approximate surface area is 181 Å². The standard InChI is InChI=1S/C20H19B4N5O/c1-12(29-19(21,22)5-6-20(29,23)24)18(30)27-17-8-15-7-13(3-4-14(15)9-25-17)16-10-26-28(2)11-16/h3-4,7-12H,5-6H2,1-2H3,(H,25,27,30). The lowest BCUT2D eigenvalue weighted by Gasteiger charge is -2.46. The molecular weight excluding hydrogens is 370 g/mol. The van der Waals surface area contributed by atoms with Gasteiger partial charge in [0.1, 0.15) is 5.82 Å². The van der Waals surface area contributed by atoms with E-state index in [1.54, 1.807) is 24.0 Å². The fourth-order valence-electron chi connectivity index (χ4n) is 4.06. The van der Waals surface area contributed by atoms with Gasteiger partial charge in [-0.05, 0) is 30.0 Å². The number of anilines is 1. The number of likely N-dealkylation sites (tertiary alicyclic amines) is 1. The highest BCUT2D eigenvalue weighted by Crippen LogP contribution is 2.36. The Balaban J connectivity index is 1.58. The van der Waals surface area contributed by atoms with Crippen LogP contribution in [0.5, 0.6) is 0 Å². The van der Waals surface area contributed by atoms with Crippen LogP contribution in [0.4, 0.5) is 5.82 Å². The van der Waals surface area contributed by atoms with E-state index in [1.807, 2.05) is 37.5 Å². The molecule has 0 aliphatic carbocycles. The Morgan fingerprint density at radius 2 is 1.77 bits per heavy atom. The van der Waals surface area contributed by atoms with Crippen molar-refractivity contribution in [2.75, 3.05) is 5.32 Å². The number of nitrogens with one attached hydrogen (secondary N) is 1. The van der Waals surface area contributed by atoms with Crippen molar-refractivity contribution in [2.24, 2.45) is 7.05 Å². The highest BCUT2D eigenvalue weighted by Gasteiger charge is 2.46. The van der Waals surface area contributed by atoms with Crippen LogP contribution in [0.1, 0.15) is 19.8 Å². The highest BCUT2D eigenvalue weighted by atomic mass is 16.2. The van der Waals surface area contributed by atoms with E-state index in [2.05, 4.69) is 15.4 Å². The van der Waals surface area contributed by atoms with E-state index in [0.717, 1.165) is 21.9 Å². The van der Waals surface area contributed by atoms with Gasteiger partial charge < -0.3 is 10.2 Å². The molecule has 1 saturated heterocycles. The Hall–Kier alpha value is -2.47. The molecule has 3 aromatic rings. The SMILES string of the molecule is [B]C1([B])CCC([B])([B])N1C(C)C(=O)Nc1cc2cc(-c3cnn(C)c3)ccc2cn1. The first-order valence-electron chi connectivity index (χ1n) is 9.71. The molecule has 0 saturated carbocycles. The average Bonchev–Trinajstić information content (AvgIpc) is 3.20. The molecule has 1 fully saturated rings. The summed E-state index contributed by atoms with van der Waals surface area (Å²) >= 11 is 0. The van der Waals surface area contributed by atoms with Gasteiger partial charge in [0.05, 0.1) is 43.6 Å². The van der Waals surface area contributed by atoms with Crippen LogP contribution in [0.25, 0.3) is 21.9 Å². The summed E-state index contributed by atoms with van der Waals surface area (Å²) in [5, 5.41) is 6.42. The second-order valence-corrected chi connectivity index (χ2v) is 8.05. The molecule has 2 aromatic heterocycles. The van der Waals surface area contributed by atoms with Gasteiger partial charge in [-0.3, -0.25) is 9.48 Å². The molecule has 4 rings (SSSR count). The third-order valence-corrected chi connectivity index (χ3v) is 5.60. The van der Waals surface area contributed by atoms with Crippen LogP contribution < -0.4 is 5.32 Å². The van der Waals surface area contributed by atoms with E-state index in [1.165, 1.54) is 4.90 Å². The fourth-order valence-corrected chi connectivity index (χ4v) is 4.06. The van der Waals surface area contributed by atoms with Crippen molar-refractivity contribution < 1.29 is 4.79 Å². The maximum Gasteiger partial charge on any atom is 0.242 e. The second kappa shape index (κ2) is 7.34. The van der Waals surface area contributed by atoms with Gasteiger partial charge in [-0.2, -0.15) is 5.10 Å². The highest BCUT2D eigenvalue weighted by molar-refractivity contribution is 6.45. The average molecular weight is 389 g/mol. The summed E-state index contributed by atoms with van der Waals surface area (Å²) in [6.07, 6.45) is 6.25. The lowest BCUT2D eigenvalue weighted by Crippen LogP contribution is -2.62. The van der Waals surface area contributed by atoms with Crippen molar-refractivity contribution >= 4 is 53.9 Å². The number of aromatic nitrogens is 3. The van der Waals surface area contributed by atoms with Crippen molar-refractivity contribution in [2.45, 2.75) is 36.5 Å². The Kier molecular flexibility index (Phi) is 5.09. The first kappa shape index (κ1) is 20.8. The minimum Gasteiger partial charge on any atom is -0.315 e. The molecule has 1 N–H and O–H groups in total. The topological polar surface area (TPSA) is 63.1 Å². The van der Waals surface area contributed by atoms with Gasteiger partial charge in [0.2, 0.25) is 5.91 Å². The predicted octanol–water partition coefficient (Wildman–Crippen LogP) is 1.04. The van der Waals surface area contributed by atoms with Gasteiger partial charge in [-0.15, -0.1) is 0 Å². The summed E-state index contributed by atoms with van der Waals surface area (Å²) in [4.78, 5) is 18.7. The first-order valence-corrected chi connectivity index (χ1v) is 9.71. The normalized spacial score (nSPS) is 19.0. The van der Waals surface area contributed by atoms with E-state index in [4.69, 9.17) is 31.4 Å². The van der Waals surface area contributed by atoms with Crippen LogP contribution in [0.2, 0.25) is 0 Å². The van der Waals surface area contributed by atoms with Gasteiger partial charge in [-0.1, -0.05) is 35.6 Å². The summed E-state index contributed by atoms with van der Waals surface area (Å²) in [6.45, 7) is 1.67. The van der Waals surface area contributed by atoms with Gasteiger partial charge in [0.25, 0.3) is 0 Å². The zero-order valence-electron chi connectivity index (χ0n) is 17.0. The van der Waals surface area contributed by atoms with E-state index in [9.17, 15) is 4.79 Å². The Morgan fingerprint density at radius 3 is 2.40 bits per heavy atom. The maximum atomic E-state index is 12.9. The molecule has 30 heavy (non-hydrogen) atoms. The first-order chi connectivity index (χ1) is 14.1. The fraction of sp³-hybridized carbons (Fsp3) is 0.350. The molecule has 8 radical (unpaired) electrons. The molecule has 1 atom stereocenters. The number of aryl methyl sites for hydroxylation is 1. The van der Waals surface area contributed by atoms with E-state index < -0.39 is 16.7 Å². The summed E-state index contributed by atoms with van der Waals surface area (Å²) in [5.74, 6) is 0.0777. The van der Waals surface area contributed by atoms with Crippen molar-refractivity contribution in [1.29, 1.82) is 0 Å². The quantitative estimate of drug-likeness (QED) is 0.679. The van der Waals surface area contributed by atoms with Crippen LogP contribution >= 0.6 is 0 Å². The molecule has 0 bridgehead atoms. The van der Waals surface area contributed by atoms with E-state index >= 15 is 0 Å². The van der Waals surface area contributed by atoms with Crippen molar-refractivity contribution in [1.82, 2.24) is 19.7 Å². The van der Waals surface area contributed by atoms with Crippen LogP contribution in [0.3, 0.4) is 0 Å². The number of nitrogens with zero attached hydrogens (tertiary/aromatic N) is 4. The van der Waals surface area contributed by atoms with Gasteiger partial charge >= 0.3 is 0 Å². The van der Waals surface area contributed by atoms with Crippen LogP contribution in [-0.2, 0) is 11.8 Å². The molecule has 1 unspecified atom stereocenters. The summed E-state index contributed by atoms with van der Waals surface area (Å²) in [5.41, 5.74) is 2.03. The van der Waals surface area contributed by atoms with Gasteiger partial charge in [-0.25, -0.2) is 4.98 Å². The van der Waals surface area contributed by atoms with Crippen molar-refractivity contribution in [3.63, 3.8) is 0 Å². The number of fused-ring (bicyclic) bond motifs is 1. The second-order valence-electron chi connectivity index (χ2n) is 8.05. The molecular formula is C20H19B4N5O. The smallest absolute Gasteiger partial charge is 0.242 e. The molecule has 142 valence electrons. The molecule has 10 heteroatoms. The molecule has 3 heterocycles. The molecule has 1 aromatic carbocycles. The minimum absolute atomic E-state index is 0.340. The third-order valence-electron chi connectivity index (χ3n) is 5.60. The van der Waals surface area contributed by atoms with Crippen LogP contribution in [0, 0.1) is 0 Å². The number of pyridine rings is 1. The number of amides is 1. The molecule has 1 aliphatic heterocycles. The maximum absolute atomic E-state index is 12.9. The Morgan fingerprint density at radius 1 is 1.07 bits per heavy atom. The van der Waals surface area contributed by atoms with E-state index in [0.29, 0.717) is 18.7 Å². The zero-order valence-corrected chi connectivity index (χ0v) is 17.0. The predicted molar refractivity (Wildman–Crippen MR) is 122 cm³/mol. The molecule has 1 amide bonds. The number of rotatable bonds is 4. The lowest BCUT2D eigenvalue weighted by atomic mass is 9.58. The summed E-state index contributed by atoms with van der Waals surface area (Å²) in [7, 11) is 26.3. The largest absolute Gasteiger partial charge is 0.315 e.